The monoisotopic (exact) mass is 221 g/mol. The molecule has 1 aliphatic heterocycles. The smallest absolute Gasteiger partial charge is 0.320 e. The average Bonchev–Trinajstić information content (AvgIpc) is 2.77. The summed E-state index contributed by atoms with van der Waals surface area (Å²) in [4.78, 5) is 12.1. The normalized spacial score (nSPS) is 17.8. The summed E-state index contributed by atoms with van der Waals surface area (Å²) in [5.41, 5.74) is 1.09. The highest BCUT2D eigenvalue weighted by Crippen LogP contribution is 2.16. The van der Waals surface area contributed by atoms with Crippen molar-refractivity contribution in [2.45, 2.75) is 18.9 Å². The SMILES string of the molecule is c1nc2cnc(OC3CCOCC3)nc2o1. The lowest BCUT2D eigenvalue weighted by Crippen LogP contribution is -2.26. The Morgan fingerprint density at radius 1 is 1.25 bits per heavy atom. The highest BCUT2D eigenvalue weighted by molar-refractivity contribution is 5.65. The van der Waals surface area contributed by atoms with Crippen molar-refractivity contribution >= 4 is 11.2 Å². The van der Waals surface area contributed by atoms with E-state index < -0.39 is 0 Å². The molecule has 2 aromatic heterocycles. The molecule has 0 amide bonds. The minimum absolute atomic E-state index is 0.133. The summed E-state index contributed by atoms with van der Waals surface area (Å²) in [5, 5.41) is 0. The minimum Gasteiger partial charge on any atom is -0.460 e. The Hall–Kier alpha value is -1.69. The first-order valence-corrected chi connectivity index (χ1v) is 5.22. The zero-order valence-corrected chi connectivity index (χ0v) is 8.63. The summed E-state index contributed by atoms with van der Waals surface area (Å²) >= 11 is 0. The number of nitrogens with zero attached hydrogens (tertiary/aromatic N) is 3. The highest BCUT2D eigenvalue weighted by atomic mass is 16.5. The molecule has 84 valence electrons. The summed E-state index contributed by atoms with van der Waals surface area (Å²) in [5.74, 6) is 0. The second-order valence-electron chi connectivity index (χ2n) is 3.62. The molecule has 3 rings (SSSR count). The van der Waals surface area contributed by atoms with Gasteiger partial charge in [0.1, 0.15) is 11.6 Å². The van der Waals surface area contributed by atoms with Crippen LogP contribution in [-0.4, -0.2) is 34.3 Å². The third-order valence-corrected chi connectivity index (χ3v) is 2.51. The summed E-state index contributed by atoms with van der Waals surface area (Å²) in [6.07, 6.45) is 4.82. The van der Waals surface area contributed by atoms with Crippen LogP contribution in [0.5, 0.6) is 6.01 Å². The van der Waals surface area contributed by atoms with Gasteiger partial charge in [-0.2, -0.15) is 4.98 Å². The van der Waals surface area contributed by atoms with Crippen molar-refractivity contribution in [2.24, 2.45) is 0 Å². The molecule has 3 heterocycles. The van der Waals surface area contributed by atoms with Crippen LogP contribution in [0.25, 0.3) is 11.2 Å². The number of rotatable bonds is 2. The van der Waals surface area contributed by atoms with E-state index in [2.05, 4.69) is 15.0 Å². The number of hydrogen-bond acceptors (Lipinski definition) is 6. The number of aromatic nitrogens is 3. The lowest BCUT2D eigenvalue weighted by molar-refractivity contribution is 0.0218. The van der Waals surface area contributed by atoms with Crippen LogP contribution in [0, 0.1) is 0 Å². The zero-order valence-electron chi connectivity index (χ0n) is 8.63. The van der Waals surface area contributed by atoms with Gasteiger partial charge in [0, 0.05) is 12.8 Å². The maximum atomic E-state index is 5.64. The second-order valence-corrected chi connectivity index (χ2v) is 3.62. The molecule has 1 saturated heterocycles. The van der Waals surface area contributed by atoms with Crippen LogP contribution in [0.1, 0.15) is 12.8 Å². The zero-order chi connectivity index (χ0) is 10.8. The molecule has 0 N–H and O–H groups in total. The Labute approximate surface area is 91.6 Å². The van der Waals surface area contributed by atoms with Crippen LogP contribution in [0.15, 0.2) is 17.0 Å². The van der Waals surface area contributed by atoms with E-state index in [9.17, 15) is 0 Å². The maximum absolute atomic E-state index is 5.64. The fourth-order valence-corrected chi connectivity index (χ4v) is 1.65. The van der Waals surface area contributed by atoms with Gasteiger partial charge < -0.3 is 13.9 Å². The van der Waals surface area contributed by atoms with Crippen LogP contribution < -0.4 is 4.74 Å². The minimum atomic E-state index is 0.133. The Balaban J connectivity index is 1.77. The summed E-state index contributed by atoms with van der Waals surface area (Å²) in [6.45, 7) is 1.46. The van der Waals surface area contributed by atoms with Gasteiger partial charge in [0.15, 0.2) is 6.39 Å². The second kappa shape index (κ2) is 4.05. The first kappa shape index (κ1) is 9.53. The topological polar surface area (TPSA) is 70.3 Å². The fourth-order valence-electron chi connectivity index (χ4n) is 1.65. The van der Waals surface area contributed by atoms with Crippen LogP contribution >= 0.6 is 0 Å². The molecular weight excluding hydrogens is 210 g/mol. The fraction of sp³-hybridized carbons (Fsp3) is 0.500. The number of ether oxygens (including phenoxy) is 2. The largest absolute Gasteiger partial charge is 0.460 e. The molecule has 6 heteroatoms. The molecule has 0 unspecified atom stereocenters. The van der Waals surface area contributed by atoms with E-state index in [0.29, 0.717) is 17.2 Å². The number of fused-ring (bicyclic) bond motifs is 1. The van der Waals surface area contributed by atoms with Crippen molar-refractivity contribution in [2.75, 3.05) is 13.2 Å². The molecule has 0 aliphatic carbocycles. The van der Waals surface area contributed by atoms with Gasteiger partial charge in [0.25, 0.3) is 5.71 Å². The average molecular weight is 221 g/mol. The van der Waals surface area contributed by atoms with Crippen molar-refractivity contribution in [3.05, 3.63) is 12.6 Å². The van der Waals surface area contributed by atoms with Crippen molar-refractivity contribution in [3.8, 4) is 6.01 Å². The number of oxazole rings is 1. The van der Waals surface area contributed by atoms with Crippen LogP contribution in [0.3, 0.4) is 0 Å². The van der Waals surface area contributed by atoms with Gasteiger partial charge in [-0.1, -0.05) is 0 Å². The van der Waals surface area contributed by atoms with Crippen molar-refractivity contribution in [1.82, 2.24) is 15.0 Å². The van der Waals surface area contributed by atoms with Gasteiger partial charge in [-0.05, 0) is 0 Å². The molecule has 6 nitrogen and oxygen atoms in total. The van der Waals surface area contributed by atoms with E-state index in [4.69, 9.17) is 13.9 Å². The van der Waals surface area contributed by atoms with Crippen molar-refractivity contribution < 1.29 is 13.9 Å². The third kappa shape index (κ3) is 1.83. The first-order valence-electron chi connectivity index (χ1n) is 5.22. The molecular formula is C10H11N3O3. The molecule has 0 radical (unpaired) electrons. The Morgan fingerprint density at radius 3 is 3.00 bits per heavy atom. The highest BCUT2D eigenvalue weighted by Gasteiger charge is 2.17. The van der Waals surface area contributed by atoms with E-state index in [0.717, 1.165) is 26.1 Å². The van der Waals surface area contributed by atoms with E-state index in [1.807, 2.05) is 0 Å². The van der Waals surface area contributed by atoms with Gasteiger partial charge in [-0.25, -0.2) is 9.97 Å². The summed E-state index contributed by atoms with van der Waals surface area (Å²) in [6, 6.07) is 0.344. The summed E-state index contributed by atoms with van der Waals surface area (Å²) < 4.78 is 16.0. The van der Waals surface area contributed by atoms with Gasteiger partial charge >= 0.3 is 6.01 Å². The molecule has 0 bridgehead atoms. The van der Waals surface area contributed by atoms with Gasteiger partial charge in [-0.3, -0.25) is 0 Å². The Bertz CT molecular complexity index is 479. The predicted molar refractivity (Wildman–Crippen MR) is 54.1 cm³/mol. The van der Waals surface area contributed by atoms with Gasteiger partial charge in [0.2, 0.25) is 0 Å². The molecule has 16 heavy (non-hydrogen) atoms. The van der Waals surface area contributed by atoms with Crippen molar-refractivity contribution in [1.29, 1.82) is 0 Å². The lowest BCUT2D eigenvalue weighted by Gasteiger charge is -2.21. The predicted octanol–water partition coefficient (Wildman–Crippen LogP) is 1.18. The summed E-state index contributed by atoms with van der Waals surface area (Å²) in [7, 11) is 0. The Morgan fingerprint density at radius 2 is 2.12 bits per heavy atom. The maximum Gasteiger partial charge on any atom is 0.320 e. The first-order chi connectivity index (χ1) is 7.92. The van der Waals surface area contributed by atoms with E-state index >= 15 is 0 Å². The van der Waals surface area contributed by atoms with Gasteiger partial charge in [-0.15, -0.1) is 0 Å². The van der Waals surface area contributed by atoms with Gasteiger partial charge in [0.05, 0.1) is 19.4 Å². The third-order valence-electron chi connectivity index (χ3n) is 2.51. The van der Waals surface area contributed by atoms with Crippen LogP contribution in [0.4, 0.5) is 0 Å². The van der Waals surface area contributed by atoms with Crippen LogP contribution in [0.2, 0.25) is 0 Å². The molecule has 2 aromatic rings. The lowest BCUT2D eigenvalue weighted by atomic mass is 10.2. The quantitative estimate of drug-likeness (QED) is 0.758. The number of hydrogen-bond donors (Lipinski definition) is 0. The van der Waals surface area contributed by atoms with Crippen LogP contribution in [-0.2, 0) is 4.74 Å². The molecule has 0 saturated carbocycles. The standard InChI is InChI=1S/C10H11N3O3/c1-3-14-4-2-7(1)16-10-11-5-8-9(13-10)15-6-12-8/h5-7H,1-4H2. The van der Waals surface area contributed by atoms with E-state index in [-0.39, 0.29) is 6.10 Å². The van der Waals surface area contributed by atoms with E-state index in [1.54, 1.807) is 6.20 Å². The molecule has 1 fully saturated rings. The Kier molecular flexibility index (Phi) is 2.41. The molecule has 0 spiro atoms. The van der Waals surface area contributed by atoms with E-state index in [1.165, 1.54) is 6.39 Å². The molecule has 1 aliphatic rings. The van der Waals surface area contributed by atoms with Crippen molar-refractivity contribution in [3.63, 3.8) is 0 Å². The molecule has 0 atom stereocenters. The molecule has 0 aromatic carbocycles.